The van der Waals surface area contributed by atoms with Crippen LogP contribution in [0.5, 0.6) is 0 Å². The predicted molar refractivity (Wildman–Crippen MR) is 83.3 cm³/mol. The minimum absolute atomic E-state index is 0.293. The average molecular weight is 330 g/mol. The van der Waals surface area contributed by atoms with E-state index < -0.39 is 0 Å². The molecule has 2 rings (SSSR count). The fraction of sp³-hybridized carbons (Fsp3) is 0.625. The highest BCUT2D eigenvalue weighted by Gasteiger charge is 2.15. The zero-order valence-electron chi connectivity index (χ0n) is 10.9. The van der Waals surface area contributed by atoms with Crippen LogP contribution >= 0.6 is 27.5 Å². The lowest BCUT2D eigenvalue weighted by Gasteiger charge is -2.22. The maximum atomic E-state index is 6.47. The van der Waals surface area contributed by atoms with Crippen LogP contribution in [0.15, 0.2) is 28.7 Å². The molecule has 0 aromatic heterocycles. The largest absolute Gasteiger partial charge is 0.123 e. The molecule has 0 heterocycles. The maximum absolute atomic E-state index is 6.47. The van der Waals surface area contributed by atoms with Crippen molar-refractivity contribution in [3.05, 3.63) is 34.3 Å². The standard InChI is InChI=1S/C16H22BrCl/c17-15-8-4-7-14(11-15)12-16(18)10-9-13-5-2-1-3-6-13/h4,7-8,11,13,16H,1-3,5-6,9-10,12H2. The summed E-state index contributed by atoms with van der Waals surface area (Å²) in [4.78, 5) is 0. The molecule has 0 spiro atoms. The smallest absolute Gasteiger partial charge is 0.0376 e. The third-order valence-electron chi connectivity index (χ3n) is 3.96. The molecule has 2 heteroatoms. The quantitative estimate of drug-likeness (QED) is 0.585. The van der Waals surface area contributed by atoms with Crippen molar-refractivity contribution < 1.29 is 0 Å². The van der Waals surface area contributed by atoms with E-state index in [-0.39, 0.29) is 0 Å². The first-order valence-electron chi connectivity index (χ1n) is 7.12. The van der Waals surface area contributed by atoms with Crippen molar-refractivity contribution >= 4 is 27.5 Å². The zero-order chi connectivity index (χ0) is 12.8. The summed E-state index contributed by atoms with van der Waals surface area (Å²) in [5.41, 5.74) is 1.34. The summed E-state index contributed by atoms with van der Waals surface area (Å²) in [5.74, 6) is 0.947. The summed E-state index contributed by atoms with van der Waals surface area (Å²) in [6.07, 6.45) is 10.7. The molecule has 0 bridgehead atoms. The molecule has 1 aromatic carbocycles. The Bertz CT molecular complexity index is 358. The lowest BCUT2D eigenvalue weighted by atomic mass is 9.85. The van der Waals surface area contributed by atoms with E-state index in [2.05, 4.69) is 40.2 Å². The fourth-order valence-electron chi connectivity index (χ4n) is 2.91. The van der Waals surface area contributed by atoms with Gasteiger partial charge in [-0.1, -0.05) is 60.2 Å². The van der Waals surface area contributed by atoms with Gasteiger partial charge in [0, 0.05) is 9.85 Å². The maximum Gasteiger partial charge on any atom is 0.0376 e. The molecule has 18 heavy (non-hydrogen) atoms. The first-order valence-corrected chi connectivity index (χ1v) is 8.35. The van der Waals surface area contributed by atoms with Gasteiger partial charge in [-0.3, -0.25) is 0 Å². The Morgan fingerprint density at radius 1 is 1.22 bits per heavy atom. The van der Waals surface area contributed by atoms with Crippen LogP contribution in [0.2, 0.25) is 0 Å². The second-order valence-electron chi connectivity index (χ2n) is 5.51. The first kappa shape index (κ1) is 14.4. The third kappa shape index (κ3) is 4.93. The van der Waals surface area contributed by atoms with Gasteiger partial charge in [0.05, 0.1) is 0 Å². The van der Waals surface area contributed by atoms with Gasteiger partial charge in [0.1, 0.15) is 0 Å². The highest BCUT2D eigenvalue weighted by Crippen LogP contribution is 2.29. The summed E-state index contributed by atoms with van der Waals surface area (Å²) < 4.78 is 1.15. The lowest BCUT2D eigenvalue weighted by Crippen LogP contribution is -2.10. The Hall–Kier alpha value is -0.0100. The highest BCUT2D eigenvalue weighted by molar-refractivity contribution is 9.10. The van der Waals surface area contributed by atoms with Gasteiger partial charge in [-0.05, 0) is 42.9 Å². The van der Waals surface area contributed by atoms with E-state index in [0.29, 0.717) is 5.38 Å². The van der Waals surface area contributed by atoms with E-state index in [0.717, 1.165) is 16.8 Å². The van der Waals surface area contributed by atoms with Gasteiger partial charge < -0.3 is 0 Å². The van der Waals surface area contributed by atoms with Gasteiger partial charge in [0.15, 0.2) is 0 Å². The number of hydrogen-bond acceptors (Lipinski definition) is 0. The van der Waals surface area contributed by atoms with Crippen LogP contribution in [0.25, 0.3) is 0 Å². The molecule has 1 aliphatic carbocycles. The van der Waals surface area contributed by atoms with Crippen molar-refractivity contribution in [1.29, 1.82) is 0 Å². The molecule has 1 saturated carbocycles. The van der Waals surface area contributed by atoms with Crippen LogP contribution in [-0.2, 0) is 6.42 Å². The van der Waals surface area contributed by atoms with E-state index in [1.165, 1.54) is 50.5 Å². The normalized spacial score (nSPS) is 18.8. The van der Waals surface area contributed by atoms with E-state index in [4.69, 9.17) is 11.6 Å². The Labute approximate surface area is 124 Å². The minimum Gasteiger partial charge on any atom is -0.123 e. The number of halogens is 2. The van der Waals surface area contributed by atoms with Crippen LogP contribution in [0, 0.1) is 5.92 Å². The molecule has 1 fully saturated rings. The van der Waals surface area contributed by atoms with E-state index in [9.17, 15) is 0 Å². The molecule has 0 amide bonds. The lowest BCUT2D eigenvalue weighted by molar-refractivity contribution is 0.330. The summed E-state index contributed by atoms with van der Waals surface area (Å²) in [6.45, 7) is 0. The Morgan fingerprint density at radius 3 is 2.72 bits per heavy atom. The van der Waals surface area contributed by atoms with Crippen molar-refractivity contribution in [3.63, 3.8) is 0 Å². The highest BCUT2D eigenvalue weighted by atomic mass is 79.9. The average Bonchev–Trinajstić information content (AvgIpc) is 2.38. The summed E-state index contributed by atoms with van der Waals surface area (Å²) in [7, 11) is 0. The van der Waals surface area contributed by atoms with E-state index in [1.807, 2.05) is 0 Å². The van der Waals surface area contributed by atoms with Crippen molar-refractivity contribution in [1.82, 2.24) is 0 Å². The Kier molecular flexibility index (Phi) is 6.04. The fourth-order valence-corrected chi connectivity index (χ4v) is 3.66. The van der Waals surface area contributed by atoms with Gasteiger partial charge in [-0.2, -0.15) is 0 Å². The van der Waals surface area contributed by atoms with Crippen LogP contribution in [0.1, 0.15) is 50.5 Å². The Balaban J connectivity index is 1.72. The van der Waals surface area contributed by atoms with Crippen LogP contribution < -0.4 is 0 Å². The number of benzene rings is 1. The third-order valence-corrected chi connectivity index (χ3v) is 4.82. The van der Waals surface area contributed by atoms with Gasteiger partial charge in [0.25, 0.3) is 0 Å². The number of alkyl halides is 1. The summed E-state index contributed by atoms with van der Waals surface area (Å²) in [5, 5.41) is 0.293. The summed E-state index contributed by atoms with van der Waals surface area (Å²) >= 11 is 9.98. The molecule has 0 nitrogen and oxygen atoms in total. The Morgan fingerprint density at radius 2 is 2.00 bits per heavy atom. The first-order chi connectivity index (χ1) is 8.74. The van der Waals surface area contributed by atoms with Crippen molar-refractivity contribution in [2.45, 2.75) is 56.7 Å². The monoisotopic (exact) mass is 328 g/mol. The second-order valence-corrected chi connectivity index (χ2v) is 7.05. The van der Waals surface area contributed by atoms with Crippen molar-refractivity contribution in [2.24, 2.45) is 5.92 Å². The molecule has 0 aliphatic heterocycles. The predicted octanol–water partition coefficient (Wildman–Crippen LogP) is 5.96. The summed E-state index contributed by atoms with van der Waals surface area (Å²) in [6, 6.07) is 8.50. The van der Waals surface area contributed by atoms with E-state index >= 15 is 0 Å². The molecule has 0 N–H and O–H groups in total. The molecular formula is C16H22BrCl. The molecule has 1 atom stereocenters. The number of rotatable bonds is 5. The number of hydrogen-bond donors (Lipinski definition) is 0. The molecule has 0 radical (unpaired) electrons. The van der Waals surface area contributed by atoms with Crippen molar-refractivity contribution in [3.8, 4) is 0 Å². The molecule has 1 aromatic rings. The van der Waals surface area contributed by atoms with Crippen LogP contribution in [-0.4, -0.2) is 5.38 Å². The second kappa shape index (κ2) is 7.55. The topological polar surface area (TPSA) is 0 Å². The van der Waals surface area contributed by atoms with Crippen LogP contribution in [0.3, 0.4) is 0 Å². The molecular weight excluding hydrogens is 308 g/mol. The molecule has 1 unspecified atom stereocenters. The SMILES string of the molecule is ClC(CCC1CCCCC1)Cc1cccc(Br)c1. The van der Waals surface area contributed by atoms with Gasteiger partial charge in [-0.25, -0.2) is 0 Å². The van der Waals surface area contributed by atoms with Crippen LogP contribution in [0.4, 0.5) is 0 Å². The molecule has 0 saturated heterocycles. The zero-order valence-corrected chi connectivity index (χ0v) is 13.2. The van der Waals surface area contributed by atoms with E-state index in [1.54, 1.807) is 0 Å². The van der Waals surface area contributed by atoms with Gasteiger partial charge >= 0.3 is 0 Å². The minimum atomic E-state index is 0.293. The van der Waals surface area contributed by atoms with Gasteiger partial charge in [0.2, 0.25) is 0 Å². The van der Waals surface area contributed by atoms with Crippen molar-refractivity contribution in [2.75, 3.05) is 0 Å². The molecule has 100 valence electrons. The molecule has 1 aliphatic rings. The van der Waals surface area contributed by atoms with Gasteiger partial charge in [-0.15, -0.1) is 11.6 Å².